The third-order valence-electron chi connectivity index (χ3n) is 8.28. The lowest BCUT2D eigenvalue weighted by Gasteiger charge is -2.27. The minimum Gasteiger partial charge on any atom is -0.454 e. The number of hydrogen-bond acceptors (Lipinski definition) is 3. The Morgan fingerprint density at radius 1 is 1.09 bits per heavy atom. The molecule has 3 heterocycles. The molecule has 5 nitrogen and oxygen atoms in total. The number of aromatic nitrogens is 1. The van der Waals surface area contributed by atoms with Gasteiger partial charge < -0.3 is 19.6 Å². The molecule has 2 saturated carbocycles. The SMILES string of the molecule is Cc1c(-c2cc3ccccc3n2CC2CC2)oc2cc(C(=O)N3CC4CCC3[C@@H]4N)ccc12. The van der Waals surface area contributed by atoms with Gasteiger partial charge in [0.15, 0.2) is 5.76 Å². The normalized spacial score (nSPS) is 24.4. The summed E-state index contributed by atoms with van der Waals surface area (Å²) in [7, 11) is 0. The zero-order valence-corrected chi connectivity index (χ0v) is 19.0. The van der Waals surface area contributed by atoms with Gasteiger partial charge in [0.25, 0.3) is 5.91 Å². The second-order valence-electron chi connectivity index (χ2n) is 10.3. The Morgan fingerprint density at radius 3 is 2.70 bits per heavy atom. The Balaban J connectivity index is 1.30. The van der Waals surface area contributed by atoms with Gasteiger partial charge in [0.05, 0.1) is 5.69 Å². The Kier molecular flexibility index (Phi) is 4.10. The second-order valence-corrected chi connectivity index (χ2v) is 10.3. The van der Waals surface area contributed by atoms with Gasteiger partial charge in [-0.05, 0) is 68.7 Å². The summed E-state index contributed by atoms with van der Waals surface area (Å²) in [6.07, 6.45) is 4.77. The molecule has 2 unspecified atom stereocenters. The van der Waals surface area contributed by atoms with Crippen LogP contribution in [0, 0.1) is 18.8 Å². The van der Waals surface area contributed by atoms with Crippen molar-refractivity contribution in [2.45, 2.75) is 51.2 Å². The molecule has 5 heteroatoms. The number of rotatable bonds is 4. The maximum atomic E-state index is 13.3. The van der Waals surface area contributed by atoms with Crippen molar-refractivity contribution >= 4 is 27.8 Å². The molecule has 2 bridgehead atoms. The van der Waals surface area contributed by atoms with Gasteiger partial charge in [-0.1, -0.05) is 24.3 Å². The molecule has 7 rings (SSSR count). The zero-order chi connectivity index (χ0) is 22.3. The minimum absolute atomic E-state index is 0.0815. The van der Waals surface area contributed by atoms with Crippen molar-refractivity contribution in [2.75, 3.05) is 6.54 Å². The van der Waals surface area contributed by atoms with Crippen LogP contribution in [-0.4, -0.2) is 34.0 Å². The lowest BCUT2D eigenvalue weighted by molar-refractivity contribution is 0.0700. The standard InChI is InChI=1S/C28H29N3O2/c1-16-21-10-8-19(28(32)31-15-20-9-11-23(31)26(20)29)13-25(21)33-27(16)24-12-18-4-2-3-5-22(18)30(24)14-17-6-7-17/h2-5,8,10,12-13,17,20,23,26H,6-7,9,11,14-15,29H2,1H3/t20?,23?,26-/m1/s1. The first kappa shape index (κ1) is 19.4. The quantitative estimate of drug-likeness (QED) is 0.467. The third kappa shape index (κ3) is 2.91. The van der Waals surface area contributed by atoms with E-state index in [0.29, 0.717) is 11.5 Å². The third-order valence-corrected chi connectivity index (χ3v) is 8.28. The van der Waals surface area contributed by atoms with E-state index in [9.17, 15) is 4.79 Å². The predicted molar refractivity (Wildman–Crippen MR) is 130 cm³/mol. The monoisotopic (exact) mass is 439 g/mol. The molecule has 0 spiro atoms. The van der Waals surface area contributed by atoms with E-state index in [4.69, 9.17) is 10.2 Å². The molecule has 1 saturated heterocycles. The maximum Gasteiger partial charge on any atom is 0.254 e. The van der Waals surface area contributed by atoms with Crippen LogP contribution in [0.4, 0.5) is 0 Å². The number of carbonyl (C=O) groups excluding carboxylic acids is 1. The Hall–Kier alpha value is -3.05. The average Bonchev–Trinajstić information content (AvgIpc) is 3.24. The van der Waals surface area contributed by atoms with Gasteiger partial charge in [0.2, 0.25) is 0 Å². The minimum atomic E-state index is 0.0815. The Morgan fingerprint density at radius 2 is 1.94 bits per heavy atom. The molecule has 1 aliphatic heterocycles. The molecule has 2 aromatic carbocycles. The molecule has 3 atom stereocenters. The summed E-state index contributed by atoms with van der Waals surface area (Å²) in [6, 6.07) is 17.1. The van der Waals surface area contributed by atoms with Gasteiger partial charge in [-0.25, -0.2) is 0 Å². The van der Waals surface area contributed by atoms with Crippen molar-refractivity contribution in [1.29, 1.82) is 0 Å². The van der Waals surface area contributed by atoms with E-state index >= 15 is 0 Å². The highest BCUT2D eigenvalue weighted by Crippen LogP contribution is 2.41. The first-order chi connectivity index (χ1) is 16.1. The summed E-state index contributed by atoms with van der Waals surface area (Å²) >= 11 is 0. The van der Waals surface area contributed by atoms with Crippen molar-refractivity contribution in [3.63, 3.8) is 0 Å². The predicted octanol–water partition coefficient (Wildman–Crippen LogP) is 5.33. The Bertz CT molecular complexity index is 1410. The molecule has 4 aromatic rings. The van der Waals surface area contributed by atoms with Crippen LogP contribution in [0.1, 0.15) is 41.6 Å². The van der Waals surface area contributed by atoms with E-state index in [-0.39, 0.29) is 18.0 Å². The first-order valence-electron chi connectivity index (χ1n) is 12.3. The van der Waals surface area contributed by atoms with Crippen molar-refractivity contribution in [2.24, 2.45) is 17.6 Å². The average molecular weight is 440 g/mol. The largest absolute Gasteiger partial charge is 0.454 e. The van der Waals surface area contributed by atoms with Gasteiger partial charge in [-0.15, -0.1) is 0 Å². The number of carbonyl (C=O) groups is 1. The molecule has 1 amide bonds. The summed E-state index contributed by atoms with van der Waals surface area (Å²) < 4.78 is 8.90. The van der Waals surface area contributed by atoms with Gasteiger partial charge in [-0.3, -0.25) is 4.79 Å². The van der Waals surface area contributed by atoms with E-state index in [1.165, 1.54) is 23.7 Å². The summed E-state index contributed by atoms with van der Waals surface area (Å²) in [4.78, 5) is 15.3. The van der Waals surface area contributed by atoms with E-state index in [1.54, 1.807) is 0 Å². The van der Waals surface area contributed by atoms with Gasteiger partial charge >= 0.3 is 0 Å². The fourth-order valence-electron chi connectivity index (χ4n) is 6.20. The first-order valence-corrected chi connectivity index (χ1v) is 12.3. The van der Waals surface area contributed by atoms with E-state index in [2.05, 4.69) is 41.8 Å². The number of amides is 1. The molecule has 3 fully saturated rings. The molecule has 3 aliphatic rings. The van der Waals surface area contributed by atoms with Crippen LogP contribution in [-0.2, 0) is 6.54 Å². The molecule has 2 aromatic heterocycles. The maximum absolute atomic E-state index is 13.3. The van der Waals surface area contributed by atoms with Crippen molar-refractivity contribution < 1.29 is 9.21 Å². The fourth-order valence-corrected chi connectivity index (χ4v) is 6.20. The van der Waals surface area contributed by atoms with Crippen molar-refractivity contribution in [3.05, 3.63) is 59.7 Å². The highest BCUT2D eigenvalue weighted by atomic mass is 16.3. The second kappa shape index (κ2) is 6.97. The molecular weight excluding hydrogens is 410 g/mol. The number of piperidine rings is 1. The lowest BCUT2D eigenvalue weighted by Crippen LogP contribution is -2.41. The zero-order valence-electron chi connectivity index (χ0n) is 19.0. The van der Waals surface area contributed by atoms with Crippen molar-refractivity contribution in [1.82, 2.24) is 9.47 Å². The van der Waals surface area contributed by atoms with E-state index < -0.39 is 0 Å². The highest BCUT2D eigenvalue weighted by molar-refractivity contribution is 6.00. The number of nitrogens with zero attached hydrogens (tertiary/aromatic N) is 2. The number of hydrogen-bond donors (Lipinski definition) is 1. The lowest BCUT2D eigenvalue weighted by atomic mass is 10.1. The molecule has 33 heavy (non-hydrogen) atoms. The summed E-state index contributed by atoms with van der Waals surface area (Å²) in [5.74, 6) is 2.20. The van der Waals surface area contributed by atoms with Crippen LogP contribution in [0.15, 0.2) is 52.9 Å². The fraction of sp³-hybridized carbons (Fsp3) is 0.393. The summed E-state index contributed by atoms with van der Waals surface area (Å²) in [6.45, 7) is 3.94. The van der Waals surface area contributed by atoms with E-state index in [1.807, 2.05) is 23.1 Å². The van der Waals surface area contributed by atoms with Crippen LogP contribution in [0.2, 0.25) is 0 Å². The molecule has 0 radical (unpaired) electrons. The number of furan rings is 1. The van der Waals surface area contributed by atoms with Gasteiger partial charge in [0, 0.05) is 52.6 Å². The number of benzene rings is 2. The molecular formula is C28H29N3O2. The number of likely N-dealkylation sites (tertiary alicyclic amines) is 1. The van der Waals surface area contributed by atoms with Crippen LogP contribution >= 0.6 is 0 Å². The molecule has 2 N–H and O–H groups in total. The number of para-hydroxylation sites is 1. The topological polar surface area (TPSA) is 64.4 Å². The van der Waals surface area contributed by atoms with E-state index in [0.717, 1.165) is 59.8 Å². The van der Waals surface area contributed by atoms with Crippen LogP contribution in [0.25, 0.3) is 33.3 Å². The molecule has 2 aliphatic carbocycles. The van der Waals surface area contributed by atoms with Crippen LogP contribution in [0.5, 0.6) is 0 Å². The summed E-state index contributed by atoms with van der Waals surface area (Å²) in [5.41, 5.74) is 11.3. The van der Waals surface area contributed by atoms with Gasteiger partial charge in [0.1, 0.15) is 5.58 Å². The Labute approximate surface area is 193 Å². The highest BCUT2D eigenvalue weighted by Gasteiger charge is 2.46. The van der Waals surface area contributed by atoms with Crippen LogP contribution in [0.3, 0.4) is 0 Å². The number of aryl methyl sites for hydroxylation is 1. The van der Waals surface area contributed by atoms with Crippen LogP contribution < -0.4 is 5.73 Å². The van der Waals surface area contributed by atoms with Crippen molar-refractivity contribution in [3.8, 4) is 11.5 Å². The number of nitrogens with two attached hydrogens (primary N) is 1. The van der Waals surface area contributed by atoms with Gasteiger partial charge in [-0.2, -0.15) is 0 Å². The summed E-state index contributed by atoms with van der Waals surface area (Å²) in [5, 5.41) is 2.31. The molecule has 168 valence electrons. The number of fused-ring (bicyclic) bond motifs is 4. The smallest absolute Gasteiger partial charge is 0.254 e.